The number of aromatic nitrogens is 1. The Morgan fingerprint density at radius 1 is 1.23 bits per heavy atom. The van der Waals surface area contributed by atoms with Gasteiger partial charge in [0.25, 0.3) is 5.91 Å². The molecule has 0 saturated carbocycles. The molecule has 0 unspecified atom stereocenters. The molecule has 2 aromatic carbocycles. The fourth-order valence-electron chi connectivity index (χ4n) is 3.17. The Kier molecular flexibility index (Phi) is 5.47. The van der Waals surface area contributed by atoms with Gasteiger partial charge < -0.3 is 19.9 Å². The van der Waals surface area contributed by atoms with E-state index in [1.807, 2.05) is 6.07 Å². The Morgan fingerprint density at radius 2 is 2.06 bits per heavy atom. The number of rotatable bonds is 6. The van der Waals surface area contributed by atoms with Gasteiger partial charge in [-0.15, -0.1) is 0 Å². The number of hydrogen-bond donors (Lipinski definition) is 2. The van der Waals surface area contributed by atoms with Gasteiger partial charge in [-0.1, -0.05) is 17.3 Å². The second-order valence-electron chi connectivity index (χ2n) is 7.06. The van der Waals surface area contributed by atoms with Gasteiger partial charge in [0, 0.05) is 23.7 Å². The molecule has 0 bridgehead atoms. The van der Waals surface area contributed by atoms with Crippen LogP contribution in [-0.2, 0) is 19.4 Å². The van der Waals surface area contributed by atoms with Crippen LogP contribution in [0.1, 0.15) is 13.3 Å². The molecule has 1 atom stereocenters. The largest absolute Gasteiger partial charge is 0.482 e. The molecule has 160 valence electrons. The molecule has 0 aliphatic carbocycles. The van der Waals surface area contributed by atoms with Gasteiger partial charge in [0.05, 0.1) is 22.0 Å². The van der Waals surface area contributed by atoms with Crippen LogP contribution in [0.25, 0.3) is 11.3 Å². The van der Waals surface area contributed by atoms with Gasteiger partial charge in [-0.3, -0.25) is 9.59 Å². The lowest BCUT2D eigenvalue weighted by Gasteiger charge is -2.19. The molecule has 4 rings (SSSR count). The van der Waals surface area contributed by atoms with E-state index in [0.717, 1.165) is 5.56 Å². The average molecular weight is 441 g/mol. The minimum absolute atomic E-state index is 0.00432. The van der Waals surface area contributed by atoms with Gasteiger partial charge in [0.1, 0.15) is 5.75 Å². The third-order valence-electron chi connectivity index (χ3n) is 4.78. The molecule has 31 heavy (non-hydrogen) atoms. The first-order chi connectivity index (χ1) is 14.8. The first-order valence-electron chi connectivity index (χ1n) is 9.44. The van der Waals surface area contributed by atoms with Crippen LogP contribution in [-0.4, -0.2) is 37.2 Å². The Bertz CT molecular complexity index is 1240. The summed E-state index contributed by atoms with van der Waals surface area (Å²) >= 11 is 0. The van der Waals surface area contributed by atoms with E-state index in [-0.39, 0.29) is 23.8 Å². The minimum Gasteiger partial charge on any atom is -0.482 e. The number of carbonyl (C=O) groups is 2. The highest BCUT2D eigenvalue weighted by molar-refractivity contribution is 7.92. The molecule has 1 aromatic heterocycles. The zero-order chi connectivity index (χ0) is 22.0. The third kappa shape index (κ3) is 4.43. The van der Waals surface area contributed by atoms with E-state index >= 15 is 0 Å². The summed E-state index contributed by atoms with van der Waals surface area (Å²) in [4.78, 5) is 24.0. The van der Waals surface area contributed by atoms with E-state index < -0.39 is 21.0 Å². The van der Waals surface area contributed by atoms with Gasteiger partial charge in [-0.2, -0.15) is 0 Å². The normalized spacial score (nSPS) is 14.2. The molecule has 1 aliphatic rings. The average Bonchev–Trinajstić information content (AvgIpc) is 3.28. The zero-order valence-corrected chi connectivity index (χ0v) is 17.3. The molecule has 9 nitrogen and oxygen atoms in total. The van der Waals surface area contributed by atoms with Crippen LogP contribution >= 0.6 is 0 Å². The van der Waals surface area contributed by atoms with E-state index in [0.29, 0.717) is 22.9 Å². The predicted molar refractivity (Wildman–Crippen MR) is 112 cm³/mol. The minimum atomic E-state index is -3.81. The molecule has 3 aromatic rings. The van der Waals surface area contributed by atoms with Crippen molar-refractivity contribution >= 4 is 33.0 Å². The topological polar surface area (TPSA) is 128 Å². The molecular formula is C21H19N3O6S. The van der Waals surface area contributed by atoms with Crippen molar-refractivity contribution in [1.29, 1.82) is 0 Å². The molecule has 1 aliphatic heterocycles. The van der Waals surface area contributed by atoms with Gasteiger partial charge >= 0.3 is 0 Å². The summed E-state index contributed by atoms with van der Waals surface area (Å²) in [5.41, 5.74) is 1.53. The molecular weight excluding hydrogens is 422 g/mol. The number of anilines is 2. The standard InChI is InChI=1S/C21H19N3O6S/c1-13(31(27,28)16-5-6-19-17(11-16)24-21(26)12-29-19)9-20(25)23-15-4-2-3-14(10-15)18-7-8-22-30-18/h2-8,10-11,13H,9,12H2,1H3,(H,23,25)(H,24,26)/t13-/m0/s1. The fourth-order valence-corrected chi connectivity index (χ4v) is 4.54. The van der Waals surface area contributed by atoms with Crippen molar-refractivity contribution in [3.63, 3.8) is 0 Å². The fraction of sp³-hybridized carbons (Fsp3) is 0.190. The summed E-state index contributed by atoms with van der Waals surface area (Å²) in [6.07, 6.45) is 1.28. The number of amides is 2. The number of nitrogens with one attached hydrogen (secondary N) is 2. The number of hydrogen-bond acceptors (Lipinski definition) is 7. The second-order valence-corrected chi connectivity index (χ2v) is 9.43. The van der Waals surface area contributed by atoms with E-state index in [1.54, 1.807) is 24.3 Å². The van der Waals surface area contributed by atoms with Gasteiger partial charge in [-0.25, -0.2) is 8.42 Å². The number of sulfone groups is 1. The number of ether oxygens (including phenoxy) is 1. The Labute approximate surface area is 178 Å². The van der Waals surface area contributed by atoms with Crippen molar-refractivity contribution in [3.05, 3.63) is 54.7 Å². The molecule has 0 radical (unpaired) electrons. The summed E-state index contributed by atoms with van der Waals surface area (Å²) in [6, 6.07) is 12.9. The van der Waals surface area contributed by atoms with Crippen LogP contribution in [0.3, 0.4) is 0 Å². The van der Waals surface area contributed by atoms with Gasteiger partial charge in [0.2, 0.25) is 5.91 Å². The summed E-state index contributed by atoms with van der Waals surface area (Å²) in [6.45, 7) is 1.35. The third-order valence-corrected chi connectivity index (χ3v) is 6.92. The zero-order valence-electron chi connectivity index (χ0n) is 16.5. The number of carbonyl (C=O) groups excluding carboxylic acids is 2. The molecule has 10 heteroatoms. The van der Waals surface area contributed by atoms with Gasteiger partial charge in [0.15, 0.2) is 22.2 Å². The maximum absolute atomic E-state index is 12.9. The van der Waals surface area contributed by atoms with Crippen LogP contribution in [0.2, 0.25) is 0 Å². The van der Waals surface area contributed by atoms with Crippen LogP contribution in [0.5, 0.6) is 5.75 Å². The van der Waals surface area contributed by atoms with Crippen LogP contribution < -0.4 is 15.4 Å². The first-order valence-corrected chi connectivity index (χ1v) is 11.0. The van der Waals surface area contributed by atoms with E-state index in [1.165, 1.54) is 31.3 Å². The van der Waals surface area contributed by atoms with Crippen molar-refractivity contribution in [2.45, 2.75) is 23.5 Å². The lowest BCUT2D eigenvalue weighted by Crippen LogP contribution is -2.27. The molecule has 2 amide bonds. The Balaban J connectivity index is 1.46. The lowest BCUT2D eigenvalue weighted by molar-refractivity contribution is -0.118. The Hall–Kier alpha value is -3.66. The number of nitrogens with zero attached hydrogens (tertiary/aromatic N) is 1. The van der Waals surface area contributed by atoms with Crippen LogP contribution in [0, 0.1) is 0 Å². The molecule has 2 heterocycles. The van der Waals surface area contributed by atoms with Crippen molar-refractivity contribution in [1.82, 2.24) is 5.16 Å². The number of fused-ring (bicyclic) bond motifs is 1. The lowest BCUT2D eigenvalue weighted by atomic mass is 10.1. The molecule has 0 fully saturated rings. The smallest absolute Gasteiger partial charge is 0.262 e. The molecule has 2 N–H and O–H groups in total. The monoisotopic (exact) mass is 441 g/mol. The van der Waals surface area contributed by atoms with E-state index in [2.05, 4.69) is 15.8 Å². The summed E-state index contributed by atoms with van der Waals surface area (Å²) in [5, 5.41) is 7.97. The van der Waals surface area contributed by atoms with Crippen LogP contribution in [0.15, 0.2) is 64.1 Å². The maximum atomic E-state index is 12.9. The van der Waals surface area contributed by atoms with E-state index in [4.69, 9.17) is 9.26 Å². The Morgan fingerprint density at radius 3 is 2.84 bits per heavy atom. The van der Waals surface area contributed by atoms with Crippen molar-refractivity contribution in [2.24, 2.45) is 0 Å². The highest BCUT2D eigenvalue weighted by Gasteiger charge is 2.28. The number of benzene rings is 2. The quantitative estimate of drug-likeness (QED) is 0.602. The maximum Gasteiger partial charge on any atom is 0.262 e. The highest BCUT2D eigenvalue weighted by atomic mass is 32.2. The summed E-state index contributed by atoms with van der Waals surface area (Å²) in [7, 11) is -3.81. The SMILES string of the molecule is C[C@@H](CC(=O)Nc1cccc(-c2ccno2)c1)S(=O)(=O)c1ccc2c(c1)NC(=O)CO2. The van der Waals surface area contributed by atoms with Crippen molar-refractivity contribution in [2.75, 3.05) is 17.2 Å². The van der Waals surface area contributed by atoms with Crippen molar-refractivity contribution < 1.29 is 27.3 Å². The summed E-state index contributed by atoms with van der Waals surface area (Å²) in [5.74, 6) is 0.147. The van der Waals surface area contributed by atoms with Crippen molar-refractivity contribution in [3.8, 4) is 17.1 Å². The highest BCUT2D eigenvalue weighted by Crippen LogP contribution is 2.32. The summed E-state index contributed by atoms with van der Waals surface area (Å²) < 4.78 is 36.2. The predicted octanol–water partition coefficient (Wildman–Crippen LogP) is 2.86. The molecule has 0 spiro atoms. The van der Waals surface area contributed by atoms with Gasteiger partial charge in [-0.05, 0) is 37.3 Å². The first kappa shape index (κ1) is 20.6. The molecule has 0 saturated heterocycles. The second kappa shape index (κ2) is 8.23. The van der Waals surface area contributed by atoms with E-state index in [9.17, 15) is 18.0 Å². The van der Waals surface area contributed by atoms with Crippen LogP contribution in [0.4, 0.5) is 11.4 Å².